The summed E-state index contributed by atoms with van der Waals surface area (Å²) < 4.78 is 18.2. The minimum Gasteiger partial charge on any atom is -0.496 e. The number of hydrogen-bond acceptors (Lipinski definition) is 2. The number of halogens is 1. The Kier molecular flexibility index (Phi) is 3.25. The first-order valence-electron chi connectivity index (χ1n) is 4.16. The molecule has 0 bridgehead atoms. The van der Waals surface area contributed by atoms with Gasteiger partial charge in [-0.05, 0) is 31.7 Å². The summed E-state index contributed by atoms with van der Waals surface area (Å²) >= 11 is 0. The lowest BCUT2D eigenvalue weighted by molar-refractivity contribution is 0.404. The molecule has 0 unspecified atom stereocenters. The number of benzene rings is 1. The van der Waals surface area contributed by atoms with Gasteiger partial charge in [0.05, 0.1) is 7.11 Å². The van der Waals surface area contributed by atoms with Crippen LogP contribution in [0.3, 0.4) is 0 Å². The van der Waals surface area contributed by atoms with Crippen LogP contribution in [0.1, 0.15) is 11.1 Å². The summed E-state index contributed by atoms with van der Waals surface area (Å²) in [5, 5.41) is 2.97. The van der Waals surface area contributed by atoms with Crippen molar-refractivity contribution in [2.45, 2.75) is 13.5 Å². The molecule has 0 saturated heterocycles. The lowest BCUT2D eigenvalue weighted by Gasteiger charge is -2.10. The molecule has 0 atom stereocenters. The van der Waals surface area contributed by atoms with Crippen molar-refractivity contribution >= 4 is 0 Å². The van der Waals surface area contributed by atoms with Crippen molar-refractivity contribution in [2.75, 3.05) is 14.2 Å². The van der Waals surface area contributed by atoms with E-state index < -0.39 is 0 Å². The van der Waals surface area contributed by atoms with E-state index >= 15 is 0 Å². The van der Waals surface area contributed by atoms with Crippen molar-refractivity contribution in [3.63, 3.8) is 0 Å². The Morgan fingerprint density at radius 2 is 2.15 bits per heavy atom. The third-order valence-corrected chi connectivity index (χ3v) is 1.89. The average Bonchev–Trinajstić information content (AvgIpc) is 2.04. The van der Waals surface area contributed by atoms with Gasteiger partial charge < -0.3 is 10.1 Å². The first-order chi connectivity index (χ1) is 6.19. The monoisotopic (exact) mass is 183 g/mol. The molecule has 0 radical (unpaired) electrons. The maximum Gasteiger partial charge on any atom is 0.126 e. The fraction of sp³-hybridized carbons (Fsp3) is 0.400. The molecule has 0 heterocycles. The molecule has 0 aliphatic carbocycles. The molecule has 2 nitrogen and oxygen atoms in total. The highest BCUT2D eigenvalue weighted by Crippen LogP contribution is 2.24. The number of hydrogen-bond donors (Lipinski definition) is 1. The van der Waals surface area contributed by atoms with Crippen LogP contribution >= 0.6 is 0 Å². The molecule has 0 saturated carbocycles. The second kappa shape index (κ2) is 4.23. The summed E-state index contributed by atoms with van der Waals surface area (Å²) in [5.74, 6) is 0.541. The summed E-state index contributed by atoms with van der Waals surface area (Å²) in [6.07, 6.45) is 0. The van der Waals surface area contributed by atoms with Crippen molar-refractivity contribution in [2.24, 2.45) is 0 Å². The van der Waals surface area contributed by atoms with Crippen LogP contribution in [0.15, 0.2) is 12.1 Å². The highest BCUT2D eigenvalue weighted by Gasteiger charge is 2.07. The van der Waals surface area contributed by atoms with Gasteiger partial charge in [-0.25, -0.2) is 4.39 Å². The van der Waals surface area contributed by atoms with E-state index in [1.807, 2.05) is 14.0 Å². The van der Waals surface area contributed by atoms with Gasteiger partial charge in [0.15, 0.2) is 0 Å². The predicted molar refractivity (Wildman–Crippen MR) is 50.5 cm³/mol. The standard InChI is InChI=1S/C10H14FNO/c1-7-4-9(11)5-8(6-12-2)10(7)13-3/h4-5,12H,6H2,1-3H3. The van der Waals surface area contributed by atoms with Crippen molar-refractivity contribution in [1.82, 2.24) is 5.32 Å². The molecule has 72 valence electrons. The fourth-order valence-electron chi connectivity index (χ4n) is 1.41. The zero-order chi connectivity index (χ0) is 9.84. The fourth-order valence-corrected chi connectivity index (χ4v) is 1.41. The lowest BCUT2D eigenvalue weighted by atomic mass is 10.1. The minimum absolute atomic E-state index is 0.219. The average molecular weight is 183 g/mol. The van der Waals surface area contributed by atoms with E-state index in [1.54, 1.807) is 7.11 Å². The lowest BCUT2D eigenvalue weighted by Crippen LogP contribution is -2.07. The molecule has 1 N–H and O–H groups in total. The third kappa shape index (κ3) is 2.18. The zero-order valence-corrected chi connectivity index (χ0v) is 8.15. The molecule has 0 aliphatic heterocycles. The Morgan fingerprint density at radius 1 is 1.46 bits per heavy atom. The van der Waals surface area contributed by atoms with Crippen molar-refractivity contribution in [3.8, 4) is 5.75 Å². The summed E-state index contributed by atoms with van der Waals surface area (Å²) in [6, 6.07) is 2.96. The van der Waals surface area contributed by atoms with Gasteiger partial charge in [-0.15, -0.1) is 0 Å². The molecule has 0 amide bonds. The van der Waals surface area contributed by atoms with E-state index in [-0.39, 0.29) is 5.82 Å². The normalized spacial score (nSPS) is 10.2. The second-order valence-electron chi connectivity index (χ2n) is 2.95. The Balaban J connectivity index is 3.13. The number of ether oxygens (including phenoxy) is 1. The van der Waals surface area contributed by atoms with Gasteiger partial charge in [0.25, 0.3) is 0 Å². The summed E-state index contributed by atoms with van der Waals surface area (Å²) in [4.78, 5) is 0. The van der Waals surface area contributed by atoms with E-state index in [1.165, 1.54) is 12.1 Å². The smallest absolute Gasteiger partial charge is 0.126 e. The van der Waals surface area contributed by atoms with Gasteiger partial charge in [0.1, 0.15) is 11.6 Å². The first kappa shape index (κ1) is 9.99. The van der Waals surface area contributed by atoms with E-state index in [2.05, 4.69) is 5.32 Å². The van der Waals surface area contributed by atoms with Crippen molar-refractivity contribution in [1.29, 1.82) is 0 Å². The van der Waals surface area contributed by atoms with Crippen LogP contribution in [0, 0.1) is 12.7 Å². The van der Waals surface area contributed by atoms with Crippen LogP contribution in [-0.4, -0.2) is 14.2 Å². The summed E-state index contributed by atoms with van der Waals surface area (Å²) in [6.45, 7) is 2.45. The molecule has 1 aromatic carbocycles. The molecule has 0 aliphatic rings. The molecule has 0 aromatic heterocycles. The number of nitrogens with one attached hydrogen (secondary N) is 1. The van der Waals surface area contributed by atoms with Gasteiger partial charge in [0.2, 0.25) is 0 Å². The number of aryl methyl sites for hydroxylation is 1. The van der Waals surface area contributed by atoms with Crippen LogP contribution < -0.4 is 10.1 Å². The van der Waals surface area contributed by atoms with Crippen LogP contribution in [0.25, 0.3) is 0 Å². The van der Waals surface area contributed by atoms with Gasteiger partial charge in [-0.1, -0.05) is 0 Å². The van der Waals surface area contributed by atoms with Gasteiger partial charge in [-0.2, -0.15) is 0 Å². The van der Waals surface area contributed by atoms with E-state index in [9.17, 15) is 4.39 Å². The Morgan fingerprint density at radius 3 is 2.69 bits per heavy atom. The van der Waals surface area contributed by atoms with Crippen LogP contribution in [-0.2, 0) is 6.54 Å². The predicted octanol–water partition coefficient (Wildman–Crippen LogP) is 1.86. The summed E-state index contributed by atoms with van der Waals surface area (Å²) in [5.41, 5.74) is 1.68. The summed E-state index contributed by atoms with van der Waals surface area (Å²) in [7, 11) is 3.42. The maximum absolute atomic E-state index is 13.0. The molecular formula is C10H14FNO. The van der Waals surface area contributed by atoms with Crippen LogP contribution in [0.5, 0.6) is 5.75 Å². The molecule has 0 spiro atoms. The highest BCUT2D eigenvalue weighted by molar-refractivity contribution is 5.41. The number of methoxy groups -OCH3 is 1. The minimum atomic E-state index is -0.219. The number of rotatable bonds is 3. The topological polar surface area (TPSA) is 21.3 Å². The Labute approximate surface area is 77.7 Å². The van der Waals surface area contributed by atoms with Crippen molar-refractivity contribution in [3.05, 3.63) is 29.1 Å². The molecular weight excluding hydrogens is 169 g/mol. The van der Waals surface area contributed by atoms with Crippen molar-refractivity contribution < 1.29 is 9.13 Å². The largest absolute Gasteiger partial charge is 0.496 e. The molecule has 0 fully saturated rings. The quantitative estimate of drug-likeness (QED) is 0.772. The molecule has 1 rings (SSSR count). The van der Waals surface area contributed by atoms with E-state index in [0.717, 1.165) is 16.9 Å². The Hall–Kier alpha value is -1.09. The molecule has 13 heavy (non-hydrogen) atoms. The maximum atomic E-state index is 13.0. The SMILES string of the molecule is CNCc1cc(F)cc(C)c1OC. The van der Waals surface area contributed by atoms with E-state index in [4.69, 9.17) is 4.74 Å². The second-order valence-corrected chi connectivity index (χ2v) is 2.95. The molecule has 1 aromatic rings. The highest BCUT2D eigenvalue weighted by atomic mass is 19.1. The zero-order valence-electron chi connectivity index (χ0n) is 8.15. The van der Waals surface area contributed by atoms with Gasteiger partial charge in [0, 0.05) is 12.1 Å². The molecule has 3 heteroatoms. The van der Waals surface area contributed by atoms with E-state index in [0.29, 0.717) is 6.54 Å². The van der Waals surface area contributed by atoms with Crippen LogP contribution in [0.4, 0.5) is 4.39 Å². The first-order valence-corrected chi connectivity index (χ1v) is 4.16. The Bertz CT molecular complexity index is 299. The third-order valence-electron chi connectivity index (χ3n) is 1.89. The van der Waals surface area contributed by atoms with Gasteiger partial charge in [-0.3, -0.25) is 0 Å². The van der Waals surface area contributed by atoms with Crippen LogP contribution in [0.2, 0.25) is 0 Å². The van der Waals surface area contributed by atoms with Gasteiger partial charge >= 0.3 is 0 Å².